The highest BCUT2D eigenvalue weighted by atomic mass is 79.9. The number of rotatable bonds is 2. The first-order chi connectivity index (χ1) is 4.34. The van der Waals surface area contributed by atoms with Crippen molar-refractivity contribution >= 4 is 27.3 Å². The third-order valence-electron chi connectivity index (χ3n) is 0.873. The van der Waals surface area contributed by atoms with Gasteiger partial charge in [-0.3, -0.25) is 0 Å². The average molecular weight is 208 g/mol. The molecule has 2 nitrogen and oxygen atoms in total. The first kappa shape index (κ1) is 7.18. The normalized spacial score (nSPS) is 10.0. The lowest BCUT2D eigenvalue weighted by molar-refractivity contribution is 0.181. The van der Waals surface area contributed by atoms with Crippen molar-refractivity contribution in [3.63, 3.8) is 0 Å². The first-order valence-corrected chi connectivity index (χ1v) is 4.08. The first-order valence-electron chi connectivity index (χ1n) is 2.41. The van der Waals surface area contributed by atoms with Crippen molar-refractivity contribution in [1.29, 1.82) is 0 Å². The number of hydrogen-bond acceptors (Lipinski definition) is 3. The summed E-state index contributed by atoms with van der Waals surface area (Å²) in [5.41, 5.74) is 2.76. The van der Waals surface area contributed by atoms with Gasteiger partial charge in [0.25, 0.3) is 0 Å². The van der Waals surface area contributed by atoms with Crippen molar-refractivity contribution in [2.75, 3.05) is 7.11 Å². The lowest BCUT2D eigenvalue weighted by Gasteiger charge is -1.91. The van der Waals surface area contributed by atoms with Crippen LogP contribution in [0.25, 0.3) is 0 Å². The summed E-state index contributed by atoms with van der Waals surface area (Å²) in [5, 5.41) is 0. The predicted octanol–water partition coefficient (Wildman–Crippen LogP) is 2.05. The summed E-state index contributed by atoms with van der Waals surface area (Å²) in [6.07, 6.45) is 0. The molecule has 0 spiro atoms. The Hall–Kier alpha value is 0.0700. The molecule has 0 bridgehead atoms. The zero-order valence-electron chi connectivity index (χ0n) is 4.93. The van der Waals surface area contributed by atoms with Gasteiger partial charge in [0.1, 0.15) is 0 Å². The molecule has 0 saturated carbocycles. The minimum Gasteiger partial charge on any atom is -0.378 e. The van der Waals surface area contributed by atoms with Crippen LogP contribution in [0.5, 0.6) is 0 Å². The van der Waals surface area contributed by atoms with Crippen molar-refractivity contribution in [2.24, 2.45) is 0 Å². The van der Waals surface area contributed by atoms with Crippen LogP contribution >= 0.6 is 27.3 Å². The smallest absolute Gasteiger partial charge is 0.0953 e. The van der Waals surface area contributed by atoms with Gasteiger partial charge in [-0.05, 0) is 15.9 Å². The Balaban J connectivity index is 2.69. The zero-order chi connectivity index (χ0) is 6.69. The Morgan fingerprint density at radius 2 is 2.67 bits per heavy atom. The number of ether oxygens (including phenoxy) is 1. The molecule has 1 aromatic rings. The van der Waals surface area contributed by atoms with E-state index in [1.807, 2.05) is 0 Å². The van der Waals surface area contributed by atoms with E-state index >= 15 is 0 Å². The van der Waals surface area contributed by atoms with Crippen LogP contribution in [0, 0.1) is 0 Å². The van der Waals surface area contributed by atoms with Crippen molar-refractivity contribution < 1.29 is 4.74 Å². The van der Waals surface area contributed by atoms with Gasteiger partial charge < -0.3 is 4.74 Å². The molecule has 0 unspecified atom stereocenters. The van der Waals surface area contributed by atoms with Crippen LogP contribution in [0.2, 0.25) is 0 Å². The van der Waals surface area contributed by atoms with Crippen LogP contribution in [-0.2, 0) is 11.3 Å². The molecule has 50 valence electrons. The summed E-state index contributed by atoms with van der Waals surface area (Å²) in [4.78, 5) is 4.05. The summed E-state index contributed by atoms with van der Waals surface area (Å²) in [6.45, 7) is 0.587. The maximum Gasteiger partial charge on any atom is 0.0953 e. The molecule has 0 amide bonds. The lowest BCUT2D eigenvalue weighted by Crippen LogP contribution is -1.86. The second kappa shape index (κ2) is 3.29. The Labute approximate surface area is 66.0 Å². The molecule has 0 fully saturated rings. The summed E-state index contributed by atoms with van der Waals surface area (Å²) in [6, 6.07) is 0. The fourth-order valence-corrected chi connectivity index (χ4v) is 1.47. The van der Waals surface area contributed by atoms with Gasteiger partial charge in [0, 0.05) is 7.11 Å². The zero-order valence-corrected chi connectivity index (χ0v) is 7.33. The standard InChI is InChI=1S/C5H6BrNOS/c1-8-2-4-5(6)9-3-7-4/h3H,2H2,1H3. The van der Waals surface area contributed by atoms with Gasteiger partial charge in [-0.1, -0.05) is 0 Å². The highest BCUT2D eigenvalue weighted by molar-refractivity contribution is 9.11. The second-order valence-corrected chi connectivity index (χ2v) is 3.68. The van der Waals surface area contributed by atoms with Crippen molar-refractivity contribution in [1.82, 2.24) is 4.98 Å². The van der Waals surface area contributed by atoms with E-state index in [1.54, 1.807) is 24.0 Å². The molecular weight excluding hydrogens is 202 g/mol. The van der Waals surface area contributed by atoms with Gasteiger partial charge in [0.2, 0.25) is 0 Å². The van der Waals surface area contributed by atoms with E-state index in [2.05, 4.69) is 20.9 Å². The molecule has 0 N–H and O–H groups in total. The van der Waals surface area contributed by atoms with Crippen LogP contribution in [0.3, 0.4) is 0 Å². The molecule has 4 heteroatoms. The lowest BCUT2D eigenvalue weighted by atomic mass is 10.5. The fraction of sp³-hybridized carbons (Fsp3) is 0.400. The highest BCUT2D eigenvalue weighted by Crippen LogP contribution is 2.20. The van der Waals surface area contributed by atoms with Crippen LogP contribution in [0.4, 0.5) is 0 Å². The minimum atomic E-state index is 0.587. The topological polar surface area (TPSA) is 22.1 Å². The molecule has 1 heterocycles. The van der Waals surface area contributed by atoms with E-state index in [-0.39, 0.29) is 0 Å². The minimum absolute atomic E-state index is 0.587. The molecule has 0 saturated heterocycles. The maximum atomic E-state index is 4.88. The van der Waals surface area contributed by atoms with Crippen LogP contribution in [-0.4, -0.2) is 12.1 Å². The van der Waals surface area contributed by atoms with Crippen LogP contribution in [0.15, 0.2) is 9.30 Å². The van der Waals surface area contributed by atoms with Crippen LogP contribution < -0.4 is 0 Å². The van der Waals surface area contributed by atoms with Gasteiger partial charge in [0.15, 0.2) is 0 Å². The molecule has 0 aliphatic carbocycles. The van der Waals surface area contributed by atoms with Gasteiger partial charge in [0.05, 0.1) is 21.6 Å². The Morgan fingerprint density at radius 1 is 1.89 bits per heavy atom. The van der Waals surface area contributed by atoms with E-state index in [4.69, 9.17) is 4.74 Å². The van der Waals surface area contributed by atoms with Gasteiger partial charge in [-0.15, -0.1) is 11.3 Å². The number of thiazole rings is 1. The molecular formula is C5H6BrNOS. The fourth-order valence-electron chi connectivity index (χ4n) is 0.486. The molecule has 1 rings (SSSR count). The monoisotopic (exact) mass is 207 g/mol. The molecule has 0 aliphatic heterocycles. The Morgan fingerprint density at radius 3 is 3.11 bits per heavy atom. The molecule has 0 atom stereocenters. The van der Waals surface area contributed by atoms with Crippen molar-refractivity contribution in [3.05, 3.63) is 15.0 Å². The molecule has 0 radical (unpaired) electrons. The van der Waals surface area contributed by atoms with Gasteiger partial charge in [-0.25, -0.2) is 4.98 Å². The molecule has 0 aromatic carbocycles. The van der Waals surface area contributed by atoms with Gasteiger partial charge in [-0.2, -0.15) is 0 Å². The van der Waals surface area contributed by atoms with E-state index < -0.39 is 0 Å². The maximum absolute atomic E-state index is 4.88. The van der Waals surface area contributed by atoms with E-state index in [0.29, 0.717) is 6.61 Å². The summed E-state index contributed by atoms with van der Waals surface area (Å²) in [5.74, 6) is 0. The number of aromatic nitrogens is 1. The quantitative estimate of drug-likeness (QED) is 0.741. The van der Waals surface area contributed by atoms with E-state index in [0.717, 1.165) is 9.48 Å². The molecule has 0 aliphatic rings. The number of halogens is 1. The number of nitrogens with zero attached hydrogens (tertiary/aromatic N) is 1. The molecule has 1 aromatic heterocycles. The highest BCUT2D eigenvalue weighted by Gasteiger charge is 1.99. The number of hydrogen-bond donors (Lipinski definition) is 0. The number of methoxy groups -OCH3 is 1. The molecule has 9 heavy (non-hydrogen) atoms. The van der Waals surface area contributed by atoms with Crippen LogP contribution in [0.1, 0.15) is 5.69 Å². The predicted molar refractivity (Wildman–Crippen MR) is 40.5 cm³/mol. The van der Waals surface area contributed by atoms with Crippen molar-refractivity contribution in [2.45, 2.75) is 6.61 Å². The van der Waals surface area contributed by atoms with E-state index in [1.165, 1.54) is 0 Å². The average Bonchev–Trinajstić information content (AvgIpc) is 2.18. The summed E-state index contributed by atoms with van der Waals surface area (Å²) in [7, 11) is 1.66. The van der Waals surface area contributed by atoms with Gasteiger partial charge >= 0.3 is 0 Å². The third-order valence-corrected chi connectivity index (χ3v) is 2.54. The third kappa shape index (κ3) is 1.74. The summed E-state index contributed by atoms with van der Waals surface area (Å²) >= 11 is 4.91. The summed E-state index contributed by atoms with van der Waals surface area (Å²) < 4.78 is 5.94. The second-order valence-electron chi connectivity index (χ2n) is 1.51. The van der Waals surface area contributed by atoms with Crippen molar-refractivity contribution in [3.8, 4) is 0 Å². The van der Waals surface area contributed by atoms with E-state index in [9.17, 15) is 0 Å². The Kier molecular flexibility index (Phi) is 2.63. The largest absolute Gasteiger partial charge is 0.378 e. The SMILES string of the molecule is COCc1ncsc1Br. The Bertz CT molecular complexity index is 189.